The molecule has 0 atom stereocenters. The first-order valence-electron chi connectivity index (χ1n) is 6.50. The third-order valence-corrected chi connectivity index (χ3v) is 6.00. The van der Waals surface area contributed by atoms with Gasteiger partial charge in [-0.05, 0) is 29.1 Å². The van der Waals surface area contributed by atoms with Crippen LogP contribution >= 0.6 is 11.3 Å². The monoisotopic (exact) mass is 328 g/mol. The summed E-state index contributed by atoms with van der Waals surface area (Å²) in [5, 5.41) is 1.89. The highest BCUT2D eigenvalue weighted by Crippen LogP contribution is 2.24. The molecular formula is C14H17FN2O2S2. The van der Waals surface area contributed by atoms with Crippen molar-refractivity contribution in [3.05, 3.63) is 52.0 Å². The van der Waals surface area contributed by atoms with Crippen LogP contribution in [0.3, 0.4) is 0 Å². The van der Waals surface area contributed by atoms with Crippen LogP contribution in [0, 0.1) is 5.82 Å². The summed E-state index contributed by atoms with van der Waals surface area (Å²) in [7, 11) is -3.77. The Morgan fingerprint density at radius 3 is 2.67 bits per heavy atom. The molecule has 2 rings (SSSR count). The number of hydrogen-bond donors (Lipinski definition) is 1. The Kier molecular flexibility index (Phi) is 5.10. The topological polar surface area (TPSA) is 63.4 Å². The largest absolute Gasteiger partial charge is 0.326 e. The molecule has 0 radical (unpaired) electrons. The van der Waals surface area contributed by atoms with Gasteiger partial charge in [0.15, 0.2) is 0 Å². The molecule has 0 fully saturated rings. The first kappa shape index (κ1) is 16.1. The van der Waals surface area contributed by atoms with Crippen molar-refractivity contribution in [1.82, 2.24) is 4.31 Å². The first-order valence-corrected chi connectivity index (χ1v) is 8.82. The zero-order valence-electron chi connectivity index (χ0n) is 11.6. The second-order valence-electron chi connectivity index (χ2n) is 4.47. The van der Waals surface area contributed by atoms with Crippen LogP contribution in [0.15, 0.2) is 40.6 Å². The standard InChI is InChI=1S/C14H17FN2O2S2/c1-2-17(10-13-4-3-7-20-13)21(18,19)14-8-12(15)6-5-11(14)9-16/h3-8H,2,9-10,16H2,1H3. The summed E-state index contributed by atoms with van der Waals surface area (Å²) >= 11 is 1.49. The Hall–Kier alpha value is -1.28. The van der Waals surface area contributed by atoms with E-state index in [0.717, 1.165) is 10.9 Å². The predicted molar refractivity (Wildman–Crippen MR) is 81.9 cm³/mol. The van der Waals surface area contributed by atoms with E-state index in [0.29, 0.717) is 12.1 Å². The molecule has 0 aliphatic carbocycles. The van der Waals surface area contributed by atoms with E-state index >= 15 is 0 Å². The van der Waals surface area contributed by atoms with E-state index in [9.17, 15) is 12.8 Å². The summed E-state index contributed by atoms with van der Waals surface area (Å²) in [5.74, 6) is -0.585. The van der Waals surface area contributed by atoms with Crippen molar-refractivity contribution < 1.29 is 12.8 Å². The second kappa shape index (κ2) is 6.65. The van der Waals surface area contributed by atoms with Gasteiger partial charge in [-0.3, -0.25) is 0 Å². The van der Waals surface area contributed by atoms with Gasteiger partial charge in [0.25, 0.3) is 0 Å². The maximum Gasteiger partial charge on any atom is 0.243 e. The molecule has 0 unspecified atom stereocenters. The van der Waals surface area contributed by atoms with Gasteiger partial charge in [0.1, 0.15) is 5.82 Å². The number of thiophene rings is 1. The van der Waals surface area contributed by atoms with Crippen molar-refractivity contribution in [1.29, 1.82) is 0 Å². The van der Waals surface area contributed by atoms with Crippen molar-refractivity contribution in [3.8, 4) is 0 Å². The SMILES string of the molecule is CCN(Cc1cccs1)S(=O)(=O)c1cc(F)ccc1CN. The van der Waals surface area contributed by atoms with Crippen molar-refractivity contribution in [3.63, 3.8) is 0 Å². The van der Waals surface area contributed by atoms with Crippen LogP contribution in [0.1, 0.15) is 17.4 Å². The average molecular weight is 328 g/mol. The molecule has 0 spiro atoms. The molecule has 0 saturated heterocycles. The minimum atomic E-state index is -3.77. The molecule has 7 heteroatoms. The van der Waals surface area contributed by atoms with E-state index in [4.69, 9.17) is 5.73 Å². The van der Waals surface area contributed by atoms with Gasteiger partial charge in [-0.2, -0.15) is 4.31 Å². The van der Waals surface area contributed by atoms with Gasteiger partial charge in [0.2, 0.25) is 10.0 Å². The molecule has 1 aromatic heterocycles. The molecule has 2 aromatic rings. The van der Waals surface area contributed by atoms with Crippen molar-refractivity contribution in [2.45, 2.75) is 24.9 Å². The molecular weight excluding hydrogens is 311 g/mol. The van der Waals surface area contributed by atoms with E-state index in [1.807, 2.05) is 17.5 Å². The van der Waals surface area contributed by atoms with Gasteiger partial charge in [-0.25, -0.2) is 12.8 Å². The number of rotatable bonds is 6. The zero-order valence-corrected chi connectivity index (χ0v) is 13.3. The lowest BCUT2D eigenvalue weighted by Crippen LogP contribution is -2.31. The van der Waals surface area contributed by atoms with Gasteiger partial charge in [0, 0.05) is 24.5 Å². The Labute approximate surface area is 128 Å². The van der Waals surface area contributed by atoms with E-state index in [-0.39, 0.29) is 18.0 Å². The number of benzene rings is 1. The van der Waals surface area contributed by atoms with Crippen LogP contribution in [-0.4, -0.2) is 19.3 Å². The number of hydrogen-bond acceptors (Lipinski definition) is 4. The lowest BCUT2D eigenvalue weighted by Gasteiger charge is -2.21. The maximum absolute atomic E-state index is 13.4. The number of sulfonamides is 1. The Balaban J connectivity index is 2.41. The molecule has 114 valence electrons. The molecule has 2 N–H and O–H groups in total. The Bertz CT molecular complexity index is 700. The van der Waals surface area contributed by atoms with E-state index < -0.39 is 15.8 Å². The fourth-order valence-electron chi connectivity index (χ4n) is 2.02. The first-order chi connectivity index (χ1) is 9.98. The predicted octanol–water partition coefficient (Wildman–Crippen LogP) is 2.56. The van der Waals surface area contributed by atoms with Crippen LogP contribution < -0.4 is 5.73 Å². The molecule has 0 saturated carbocycles. The summed E-state index contributed by atoms with van der Waals surface area (Å²) < 4.78 is 40.2. The highest BCUT2D eigenvalue weighted by molar-refractivity contribution is 7.89. The zero-order chi connectivity index (χ0) is 15.5. The molecule has 1 aromatic carbocycles. The van der Waals surface area contributed by atoms with Gasteiger partial charge < -0.3 is 5.73 Å². The van der Waals surface area contributed by atoms with Crippen LogP contribution in [-0.2, 0) is 23.1 Å². The highest BCUT2D eigenvalue weighted by atomic mass is 32.2. The van der Waals surface area contributed by atoms with E-state index in [2.05, 4.69) is 0 Å². The van der Waals surface area contributed by atoms with Crippen LogP contribution in [0.25, 0.3) is 0 Å². The van der Waals surface area contributed by atoms with Gasteiger partial charge in [-0.15, -0.1) is 11.3 Å². The molecule has 4 nitrogen and oxygen atoms in total. The summed E-state index contributed by atoms with van der Waals surface area (Å²) in [6.45, 7) is 2.38. The smallest absolute Gasteiger partial charge is 0.243 e. The molecule has 0 aliphatic heterocycles. The number of nitrogens with zero attached hydrogens (tertiary/aromatic N) is 1. The summed E-state index contributed by atoms with van der Waals surface area (Å²) in [6, 6.07) is 7.42. The van der Waals surface area contributed by atoms with Crippen molar-refractivity contribution in [2.24, 2.45) is 5.73 Å². The van der Waals surface area contributed by atoms with E-state index in [1.165, 1.54) is 27.8 Å². The lowest BCUT2D eigenvalue weighted by molar-refractivity contribution is 0.425. The summed E-state index contributed by atoms with van der Waals surface area (Å²) in [5.41, 5.74) is 5.99. The van der Waals surface area contributed by atoms with Gasteiger partial charge >= 0.3 is 0 Å². The lowest BCUT2D eigenvalue weighted by atomic mass is 10.2. The minimum absolute atomic E-state index is 0.0470. The van der Waals surface area contributed by atoms with E-state index in [1.54, 1.807) is 6.92 Å². The number of halogens is 1. The van der Waals surface area contributed by atoms with Crippen LogP contribution in [0.5, 0.6) is 0 Å². The molecule has 0 bridgehead atoms. The minimum Gasteiger partial charge on any atom is -0.326 e. The normalized spacial score (nSPS) is 12.0. The Morgan fingerprint density at radius 1 is 1.33 bits per heavy atom. The molecule has 1 heterocycles. The molecule has 0 amide bonds. The third-order valence-electron chi connectivity index (χ3n) is 3.13. The molecule has 21 heavy (non-hydrogen) atoms. The van der Waals surface area contributed by atoms with Crippen LogP contribution in [0.2, 0.25) is 0 Å². The summed E-state index contributed by atoms with van der Waals surface area (Å²) in [6.07, 6.45) is 0. The summed E-state index contributed by atoms with van der Waals surface area (Å²) in [4.78, 5) is 0.884. The highest BCUT2D eigenvalue weighted by Gasteiger charge is 2.26. The van der Waals surface area contributed by atoms with Crippen molar-refractivity contribution >= 4 is 21.4 Å². The second-order valence-corrected chi connectivity index (χ2v) is 7.41. The molecule has 0 aliphatic rings. The Morgan fingerprint density at radius 2 is 2.10 bits per heavy atom. The third kappa shape index (κ3) is 3.49. The van der Waals surface area contributed by atoms with Gasteiger partial charge in [-0.1, -0.05) is 19.1 Å². The average Bonchev–Trinajstić information content (AvgIpc) is 2.97. The van der Waals surface area contributed by atoms with Crippen molar-refractivity contribution in [2.75, 3.05) is 6.54 Å². The van der Waals surface area contributed by atoms with Gasteiger partial charge in [0.05, 0.1) is 4.90 Å². The fourth-order valence-corrected chi connectivity index (χ4v) is 4.49. The fraction of sp³-hybridized carbons (Fsp3) is 0.286. The quantitative estimate of drug-likeness (QED) is 0.886. The number of nitrogens with two attached hydrogens (primary N) is 1. The maximum atomic E-state index is 13.4. The van der Waals surface area contributed by atoms with Crippen LogP contribution in [0.4, 0.5) is 4.39 Å².